The summed E-state index contributed by atoms with van der Waals surface area (Å²) in [6.07, 6.45) is 0.494. The molecule has 0 radical (unpaired) electrons. The summed E-state index contributed by atoms with van der Waals surface area (Å²) in [4.78, 5) is 10.3. The van der Waals surface area contributed by atoms with E-state index < -0.39 is 7.12 Å². The van der Waals surface area contributed by atoms with E-state index in [1.807, 2.05) is 0 Å². The van der Waals surface area contributed by atoms with Crippen molar-refractivity contribution in [2.75, 3.05) is 0 Å². The van der Waals surface area contributed by atoms with Crippen molar-refractivity contribution < 1.29 is 19.9 Å². The van der Waals surface area contributed by atoms with Crippen molar-refractivity contribution >= 4 is 18.9 Å². The molecule has 0 bridgehead atoms. The zero-order valence-electron chi connectivity index (χ0n) is 6.14. The summed E-state index contributed by atoms with van der Waals surface area (Å²) in [5.41, 5.74) is 0.160. The van der Waals surface area contributed by atoms with E-state index in [-0.39, 0.29) is 16.8 Å². The van der Waals surface area contributed by atoms with Gasteiger partial charge in [0.25, 0.3) is 0 Å². The normalized spacial score (nSPS) is 9.50. The van der Waals surface area contributed by atoms with E-state index in [1.54, 1.807) is 0 Å². The van der Waals surface area contributed by atoms with Crippen LogP contribution in [0.2, 0.25) is 0 Å². The van der Waals surface area contributed by atoms with E-state index in [9.17, 15) is 4.79 Å². The van der Waals surface area contributed by atoms with Crippen LogP contribution in [0.1, 0.15) is 10.4 Å². The molecule has 0 spiro atoms. The highest BCUT2D eigenvalue weighted by Crippen LogP contribution is 2.06. The van der Waals surface area contributed by atoms with Crippen molar-refractivity contribution in [1.82, 2.24) is 0 Å². The molecule has 12 heavy (non-hydrogen) atoms. The van der Waals surface area contributed by atoms with E-state index >= 15 is 0 Å². The molecule has 5 heteroatoms. The average Bonchev–Trinajstić information content (AvgIpc) is 2.04. The summed E-state index contributed by atoms with van der Waals surface area (Å²) in [7, 11) is -1.74. The van der Waals surface area contributed by atoms with Crippen molar-refractivity contribution in [3.8, 4) is 5.75 Å². The van der Waals surface area contributed by atoms with Gasteiger partial charge in [-0.15, -0.1) is 0 Å². The Morgan fingerprint density at radius 1 is 1.33 bits per heavy atom. The molecular weight excluding hydrogens is 159 g/mol. The maximum atomic E-state index is 10.3. The van der Waals surface area contributed by atoms with Crippen LogP contribution < -0.4 is 5.46 Å². The average molecular weight is 166 g/mol. The van der Waals surface area contributed by atoms with Crippen molar-refractivity contribution in [1.29, 1.82) is 0 Å². The molecule has 0 fully saturated rings. The Hall–Kier alpha value is -1.33. The monoisotopic (exact) mass is 166 g/mol. The number of hydrogen-bond acceptors (Lipinski definition) is 4. The van der Waals surface area contributed by atoms with E-state index in [1.165, 1.54) is 12.1 Å². The molecule has 0 heterocycles. The third-order valence-corrected chi connectivity index (χ3v) is 1.48. The molecule has 0 unspecified atom stereocenters. The Morgan fingerprint density at radius 3 is 2.50 bits per heavy atom. The first kappa shape index (κ1) is 8.77. The number of carbonyl (C=O) groups is 1. The molecule has 0 aliphatic rings. The predicted octanol–water partition coefficient (Wildman–Crippen LogP) is -1.12. The number of phenols is 1. The molecule has 1 aromatic carbocycles. The summed E-state index contributed by atoms with van der Waals surface area (Å²) in [6, 6.07) is 3.75. The first-order valence-corrected chi connectivity index (χ1v) is 3.29. The molecule has 0 saturated carbocycles. The lowest BCUT2D eigenvalue weighted by atomic mass is 9.77. The molecule has 62 valence electrons. The molecule has 0 atom stereocenters. The molecule has 3 N–H and O–H groups in total. The molecule has 1 aromatic rings. The highest BCUT2D eigenvalue weighted by atomic mass is 16.4. The molecule has 0 aliphatic heterocycles. The van der Waals surface area contributed by atoms with Crippen LogP contribution in [0.5, 0.6) is 5.75 Å². The molecule has 0 aliphatic carbocycles. The van der Waals surface area contributed by atoms with Crippen LogP contribution in [0.25, 0.3) is 0 Å². The van der Waals surface area contributed by atoms with Crippen LogP contribution >= 0.6 is 0 Å². The number of aromatic hydroxyl groups is 1. The van der Waals surface area contributed by atoms with Crippen LogP contribution in [-0.4, -0.2) is 28.6 Å². The van der Waals surface area contributed by atoms with E-state index in [2.05, 4.69) is 0 Å². The lowest BCUT2D eigenvalue weighted by Gasteiger charge is -2.02. The van der Waals surface area contributed by atoms with Crippen LogP contribution in [-0.2, 0) is 0 Å². The molecule has 0 saturated heterocycles. The summed E-state index contributed by atoms with van der Waals surface area (Å²) in [5, 5.41) is 26.4. The van der Waals surface area contributed by atoms with Crippen LogP contribution in [0.4, 0.5) is 0 Å². The lowest BCUT2D eigenvalue weighted by Crippen LogP contribution is -2.32. The Labute approximate surface area is 69.2 Å². The maximum Gasteiger partial charge on any atom is 0.489 e. The van der Waals surface area contributed by atoms with Gasteiger partial charge in [-0.2, -0.15) is 0 Å². The summed E-state index contributed by atoms with van der Waals surface area (Å²) in [6.45, 7) is 0. The Bertz CT molecular complexity index is 297. The van der Waals surface area contributed by atoms with Gasteiger partial charge in [-0.3, -0.25) is 4.79 Å². The SMILES string of the molecule is O=Cc1ccc(O)cc1B(O)O. The number of carbonyl (C=O) groups excluding carboxylic acids is 1. The quantitative estimate of drug-likeness (QED) is 0.384. The number of aldehydes is 1. The lowest BCUT2D eigenvalue weighted by molar-refractivity contribution is 0.112. The second-order valence-electron chi connectivity index (χ2n) is 2.30. The van der Waals surface area contributed by atoms with Gasteiger partial charge in [0.05, 0.1) is 0 Å². The van der Waals surface area contributed by atoms with Crippen LogP contribution in [0, 0.1) is 0 Å². The minimum atomic E-state index is -1.74. The standard InChI is InChI=1S/C7H7BO4/c9-4-5-1-2-6(10)3-7(5)8(11)12/h1-4,10-12H. The van der Waals surface area contributed by atoms with Crippen molar-refractivity contribution in [2.24, 2.45) is 0 Å². The zero-order valence-corrected chi connectivity index (χ0v) is 6.14. The number of phenolic OH excluding ortho intramolecular Hbond substituents is 1. The second kappa shape index (κ2) is 3.38. The summed E-state index contributed by atoms with van der Waals surface area (Å²) >= 11 is 0. The fraction of sp³-hybridized carbons (Fsp3) is 0. The highest BCUT2D eigenvalue weighted by Gasteiger charge is 2.15. The van der Waals surface area contributed by atoms with Crippen LogP contribution in [0.3, 0.4) is 0 Å². The molecule has 1 rings (SSSR count). The molecule has 4 nitrogen and oxygen atoms in total. The Morgan fingerprint density at radius 2 is 2.00 bits per heavy atom. The smallest absolute Gasteiger partial charge is 0.489 e. The Kier molecular flexibility index (Phi) is 2.47. The van der Waals surface area contributed by atoms with E-state index in [0.29, 0.717) is 6.29 Å². The highest BCUT2D eigenvalue weighted by molar-refractivity contribution is 6.60. The minimum absolute atomic E-state index is 0.00463. The van der Waals surface area contributed by atoms with Gasteiger partial charge in [0, 0.05) is 5.56 Å². The van der Waals surface area contributed by atoms with Crippen molar-refractivity contribution in [3.63, 3.8) is 0 Å². The van der Waals surface area contributed by atoms with Gasteiger partial charge in [0.15, 0.2) is 0 Å². The number of rotatable bonds is 2. The van der Waals surface area contributed by atoms with Crippen molar-refractivity contribution in [3.05, 3.63) is 23.8 Å². The fourth-order valence-electron chi connectivity index (χ4n) is 0.893. The van der Waals surface area contributed by atoms with Gasteiger partial charge in [0.1, 0.15) is 12.0 Å². The number of benzene rings is 1. The van der Waals surface area contributed by atoms with Gasteiger partial charge in [-0.1, -0.05) is 0 Å². The molecule has 0 amide bonds. The largest absolute Gasteiger partial charge is 0.508 e. The zero-order chi connectivity index (χ0) is 9.14. The van der Waals surface area contributed by atoms with Gasteiger partial charge in [0.2, 0.25) is 0 Å². The fourth-order valence-corrected chi connectivity index (χ4v) is 0.893. The number of hydrogen-bond donors (Lipinski definition) is 3. The van der Waals surface area contributed by atoms with Gasteiger partial charge < -0.3 is 15.2 Å². The summed E-state index contributed by atoms with van der Waals surface area (Å²) in [5.74, 6) is -0.108. The minimum Gasteiger partial charge on any atom is -0.508 e. The van der Waals surface area contributed by atoms with Gasteiger partial charge in [-0.25, -0.2) is 0 Å². The van der Waals surface area contributed by atoms with Crippen LogP contribution in [0.15, 0.2) is 18.2 Å². The first-order chi connectivity index (χ1) is 5.65. The van der Waals surface area contributed by atoms with Gasteiger partial charge in [-0.05, 0) is 23.7 Å². The first-order valence-electron chi connectivity index (χ1n) is 3.29. The van der Waals surface area contributed by atoms with Gasteiger partial charge >= 0.3 is 7.12 Å². The maximum absolute atomic E-state index is 10.3. The third-order valence-electron chi connectivity index (χ3n) is 1.48. The van der Waals surface area contributed by atoms with E-state index in [4.69, 9.17) is 15.2 Å². The third kappa shape index (κ3) is 1.64. The predicted molar refractivity (Wildman–Crippen MR) is 43.3 cm³/mol. The summed E-state index contributed by atoms with van der Waals surface area (Å²) < 4.78 is 0. The second-order valence-corrected chi connectivity index (χ2v) is 2.30. The Balaban J connectivity index is 3.21. The molecular formula is C7H7BO4. The topological polar surface area (TPSA) is 77.8 Å². The van der Waals surface area contributed by atoms with E-state index in [0.717, 1.165) is 6.07 Å². The van der Waals surface area contributed by atoms with Crippen molar-refractivity contribution in [2.45, 2.75) is 0 Å². The molecule has 0 aromatic heterocycles.